The lowest BCUT2D eigenvalue weighted by Gasteiger charge is -2.22. The lowest BCUT2D eigenvalue weighted by molar-refractivity contribution is -0.148. The minimum atomic E-state index is -0.901. The van der Waals surface area contributed by atoms with E-state index in [0.717, 1.165) is 15.3 Å². The van der Waals surface area contributed by atoms with Crippen molar-refractivity contribution in [1.29, 1.82) is 0 Å². The molecule has 1 unspecified atom stereocenters. The first-order chi connectivity index (χ1) is 7.24. The lowest BCUT2D eigenvalue weighted by atomic mass is 9.85. The quantitative estimate of drug-likeness (QED) is 0.853. The summed E-state index contributed by atoms with van der Waals surface area (Å²) in [4.78, 5) is 13.2. The molecule has 1 heterocycles. The molecule has 0 bridgehead atoms. The lowest BCUT2D eigenvalue weighted by Crippen LogP contribution is -2.26. The van der Waals surface area contributed by atoms with Crippen LogP contribution in [0.4, 0.5) is 0 Å². The van der Waals surface area contributed by atoms with Crippen LogP contribution in [0.3, 0.4) is 0 Å². The van der Waals surface area contributed by atoms with Crippen molar-refractivity contribution in [3.05, 3.63) is 21.4 Å². The highest BCUT2D eigenvalue weighted by atomic mass is 32.1. The standard InChI is InChI=1S/C12H18O3S/c1-7-5-9(8(2)16-7)10(13)6-12(3,4)11(14)15/h5,10,13H,6H2,1-4H3,(H,14,15). The van der Waals surface area contributed by atoms with Crippen LogP contribution in [-0.4, -0.2) is 16.2 Å². The van der Waals surface area contributed by atoms with Crippen LogP contribution in [-0.2, 0) is 4.79 Å². The maximum absolute atomic E-state index is 11.0. The number of carbonyl (C=O) groups is 1. The van der Waals surface area contributed by atoms with Crippen molar-refractivity contribution in [2.24, 2.45) is 5.41 Å². The predicted octanol–water partition coefficient (Wildman–Crippen LogP) is 2.90. The molecule has 0 aliphatic carbocycles. The minimum absolute atomic E-state index is 0.235. The topological polar surface area (TPSA) is 57.5 Å². The molecule has 0 saturated carbocycles. The summed E-state index contributed by atoms with van der Waals surface area (Å²) in [6.45, 7) is 7.19. The second-order valence-electron chi connectivity index (χ2n) is 4.78. The van der Waals surface area contributed by atoms with Crippen molar-refractivity contribution < 1.29 is 15.0 Å². The summed E-state index contributed by atoms with van der Waals surface area (Å²) < 4.78 is 0. The molecule has 90 valence electrons. The summed E-state index contributed by atoms with van der Waals surface area (Å²) in [5.74, 6) is -0.879. The molecule has 3 nitrogen and oxygen atoms in total. The Balaban J connectivity index is 2.84. The number of aryl methyl sites for hydroxylation is 2. The van der Waals surface area contributed by atoms with Gasteiger partial charge in [0.15, 0.2) is 0 Å². The monoisotopic (exact) mass is 242 g/mol. The molecule has 0 spiro atoms. The molecule has 4 heteroatoms. The number of rotatable bonds is 4. The maximum atomic E-state index is 11.0. The smallest absolute Gasteiger partial charge is 0.309 e. The molecule has 2 N–H and O–H groups in total. The minimum Gasteiger partial charge on any atom is -0.481 e. The van der Waals surface area contributed by atoms with Crippen molar-refractivity contribution in [2.45, 2.75) is 40.2 Å². The summed E-state index contributed by atoms with van der Waals surface area (Å²) in [6.07, 6.45) is -0.463. The molecular formula is C12H18O3S. The van der Waals surface area contributed by atoms with Gasteiger partial charge >= 0.3 is 5.97 Å². The van der Waals surface area contributed by atoms with E-state index in [0.29, 0.717) is 0 Å². The Bertz CT molecular complexity index is 393. The highest BCUT2D eigenvalue weighted by molar-refractivity contribution is 7.12. The van der Waals surface area contributed by atoms with Gasteiger partial charge in [0.05, 0.1) is 11.5 Å². The summed E-state index contributed by atoms with van der Waals surface area (Å²) in [6, 6.07) is 1.93. The van der Waals surface area contributed by atoms with Crippen LogP contribution in [0.5, 0.6) is 0 Å². The van der Waals surface area contributed by atoms with E-state index in [1.54, 1.807) is 25.2 Å². The van der Waals surface area contributed by atoms with Gasteiger partial charge in [0.1, 0.15) is 0 Å². The Morgan fingerprint density at radius 2 is 2.06 bits per heavy atom. The van der Waals surface area contributed by atoms with Crippen molar-refractivity contribution >= 4 is 17.3 Å². The second kappa shape index (κ2) is 4.55. The zero-order valence-corrected chi connectivity index (χ0v) is 10.9. The fourth-order valence-electron chi connectivity index (χ4n) is 1.66. The molecule has 0 aliphatic rings. The molecule has 0 saturated heterocycles. The number of carboxylic acid groups (broad SMARTS) is 1. The fourth-order valence-corrected chi connectivity index (χ4v) is 2.64. The van der Waals surface area contributed by atoms with Crippen LogP contribution >= 0.6 is 11.3 Å². The van der Waals surface area contributed by atoms with Gasteiger partial charge in [-0.3, -0.25) is 4.79 Å². The van der Waals surface area contributed by atoms with E-state index in [4.69, 9.17) is 5.11 Å². The zero-order chi connectivity index (χ0) is 12.5. The van der Waals surface area contributed by atoms with Crippen LogP contribution in [0.15, 0.2) is 6.07 Å². The molecule has 0 amide bonds. The van der Waals surface area contributed by atoms with Gasteiger partial charge in [-0.1, -0.05) is 0 Å². The van der Waals surface area contributed by atoms with Gasteiger partial charge in [0.2, 0.25) is 0 Å². The van der Waals surface area contributed by atoms with E-state index >= 15 is 0 Å². The van der Waals surface area contributed by atoms with Crippen molar-refractivity contribution in [3.63, 3.8) is 0 Å². The zero-order valence-electron chi connectivity index (χ0n) is 10.1. The fraction of sp³-hybridized carbons (Fsp3) is 0.583. The summed E-state index contributed by atoms with van der Waals surface area (Å²) in [5, 5.41) is 19.0. The van der Waals surface area contributed by atoms with E-state index in [1.807, 2.05) is 19.9 Å². The van der Waals surface area contributed by atoms with Gasteiger partial charge < -0.3 is 10.2 Å². The third kappa shape index (κ3) is 2.83. The average Bonchev–Trinajstić information content (AvgIpc) is 2.44. The normalized spacial score (nSPS) is 13.8. The molecule has 0 aromatic carbocycles. The van der Waals surface area contributed by atoms with E-state index < -0.39 is 17.5 Å². The maximum Gasteiger partial charge on any atom is 0.309 e. The molecular weight excluding hydrogens is 224 g/mol. The number of hydrogen-bond donors (Lipinski definition) is 2. The van der Waals surface area contributed by atoms with Crippen molar-refractivity contribution in [1.82, 2.24) is 0 Å². The van der Waals surface area contributed by atoms with Crippen LogP contribution < -0.4 is 0 Å². The Kier molecular flexibility index (Phi) is 3.76. The van der Waals surface area contributed by atoms with Gasteiger partial charge in [-0.25, -0.2) is 0 Å². The third-order valence-corrected chi connectivity index (χ3v) is 3.70. The second-order valence-corrected chi connectivity index (χ2v) is 6.24. The van der Waals surface area contributed by atoms with Gasteiger partial charge in [0, 0.05) is 9.75 Å². The van der Waals surface area contributed by atoms with E-state index in [-0.39, 0.29) is 6.42 Å². The summed E-state index contributed by atoms with van der Waals surface area (Å²) in [5.41, 5.74) is -0.0429. The Hall–Kier alpha value is -0.870. The molecule has 1 atom stereocenters. The Morgan fingerprint density at radius 3 is 2.44 bits per heavy atom. The first kappa shape index (κ1) is 13.2. The molecule has 1 aromatic rings. The SMILES string of the molecule is Cc1cc(C(O)CC(C)(C)C(=O)O)c(C)s1. The molecule has 1 aromatic heterocycles. The molecule has 16 heavy (non-hydrogen) atoms. The van der Waals surface area contributed by atoms with Gasteiger partial charge in [-0.15, -0.1) is 11.3 Å². The molecule has 0 radical (unpaired) electrons. The van der Waals surface area contributed by atoms with Crippen LogP contribution in [0.1, 0.15) is 41.7 Å². The van der Waals surface area contributed by atoms with E-state index in [9.17, 15) is 9.90 Å². The molecule has 0 aliphatic heterocycles. The molecule has 0 fully saturated rings. The van der Waals surface area contributed by atoms with Crippen LogP contribution in [0, 0.1) is 19.3 Å². The van der Waals surface area contributed by atoms with Crippen LogP contribution in [0.2, 0.25) is 0 Å². The number of thiophene rings is 1. The molecule has 1 rings (SSSR count). The number of aliphatic hydroxyl groups is 1. The predicted molar refractivity (Wildman–Crippen MR) is 64.8 cm³/mol. The van der Waals surface area contributed by atoms with Gasteiger partial charge in [-0.05, 0) is 45.7 Å². The number of aliphatic hydroxyl groups excluding tert-OH is 1. The van der Waals surface area contributed by atoms with E-state index in [2.05, 4.69) is 0 Å². The first-order valence-corrected chi connectivity index (χ1v) is 6.04. The van der Waals surface area contributed by atoms with Gasteiger partial charge in [0.25, 0.3) is 0 Å². The van der Waals surface area contributed by atoms with E-state index in [1.165, 1.54) is 0 Å². The average molecular weight is 242 g/mol. The van der Waals surface area contributed by atoms with Gasteiger partial charge in [-0.2, -0.15) is 0 Å². The van der Waals surface area contributed by atoms with Crippen molar-refractivity contribution in [2.75, 3.05) is 0 Å². The largest absolute Gasteiger partial charge is 0.481 e. The Labute approximate surface area is 99.7 Å². The summed E-state index contributed by atoms with van der Waals surface area (Å²) >= 11 is 1.62. The first-order valence-electron chi connectivity index (χ1n) is 5.22. The highest BCUT2D eigenvalue weighted by Gasteiger charge is 2.31. The Morgan fingerprint density at radius 1 is 1.50 bits per heavy atom. The summed E-state index contributed by atoms with van der Waals surface area (Å²) in [7, 11) is 0. The van der Waals surface area contributed by atoms with Crippen LogP contribution in [0.25, 0.3) is 0 Å². The van der Waals surface area contributed by atoms with Crippen molar-refractivity contribution in [3.8, 4) is 0 Å². The number of aliphatic carboxylic acids is 1. The highest BCUT2D eigenvalue weighted by Crippen LogP contribution is 2.34. The number of hydrogen-bond acceptors (Lipinski definition) is 3. The number of carboxylic acids is 1. The third-order valence-electron chi connectivity index (χ3n) is 2.72.